The maximum atomic E-state index is 12.1. The first-order valence-corrected chi connectivity index (χ1v) is 7.58. The van der Waals surface area contributed by atoms with Gasteiger partial charge >= 0.3 is 12.1 Å². The van der Waals surface area contributed by atoms with Gasteiger partial charge in [0.1, 0.15) is 5.60 Å². The van der Waals surface area contributed by atoms with Gasteiger partial charge in [-0.3, -0.25) is 5.32 Å². The number of sulfone groups is 1. The Balaban J connectivity index is 2.81. The minimum atomic E-state index is -4.08. The average molecular weight is 309 g/mol. The van der Waals surface area contributed by atoms with Crippen LogP contribution in [0, 0.1) is 0 Å². The molecule has 2 N–H and O–H groups in total. The molecule has 0 aliphatic heterocycles. The fourth-order valence-corrected chi connectivity index (χ4v) is 3.50. The minimum Gasteiger partial charge on any atom is -0.479 e. The van der Waals surface area contributed by atoms with Crippen LogP contribution in [0.15, 0.2) is 0 Å². The van der Waals surface area contributed by atoms with Crippen LogP contribution in [0.1, 0.15) is 27.2 Å². The second-order valence-corrected chi connectivity index (χ2v) is 7.76. The fraction of sp³-hybridized carbons (Fsp3) is 0.818. The zero-order chi connectivity index (χ0) is 15.7. The summed E-state index contributed by atoms with van der Waals surface area (Å²) in [6.07, 6.45) is -1.40. The number of carbonyl (C=O) groups is 2. The first-order valence-electron chi connectivity index (χ1n) is 5.97. The number of ether oxygens (including phenoxy) is 2. The van der Waals surface area contributed by atoms with Crippen molar-refractivity contribution in [3.63, 3.8) is 0 Å². The Morgan fingerprint density at radius 1 is 1.35 bits per heavy atom. The summed E-state index contributed by atoms with van der Waals surface area (Å²) in [4.78, 5) is 22.6. The highest BCUT2D eigenvalue weighted by molar-refractivity contribution is 7.93. The van der Waals surface area contributed by atoms with Crippen molar-refractivity contribution in [2.45, 2.75) is 49.5 Å². The molecule has 1 saturated carbocycles. The number of hydrogen-bond donors (Lipinski definition) is 2. The lowest BCUT2D eigenvalue weighted by molar-refractivity contribution is -0.137. The standard InChI is InChI=1S/C11H19NO7S/c1-11(2,3)19-10(15)12-8(9(13)14)20(16,17)7-5-6(7)18-4/h6-8H,5H2,1-4H3,(H,12,15)(H,13,14)/t6?,7?,8-/m0/s1. The largest absolute Gasteiger partial charge is 0.479 e. The van der Waals surface area contributed by atoms with Crippen LogP contribution in [0.2, 0.25) is 0 Å². The van der Waals surface area contributed by atoms with E-state index in [1.807, 2.05) is 5.32 Å². The van der Waals surface area contributed by atoms with Crippen molar-refractivity contribution in [2.75, 3.05) is 7.11 Å². The van der Waals surface area contributed by atoms with E-state index in [9.17, 15) is 18.0 Å². The van der Waals surface area contributed by atoms with E-state index in [-0.39, 0.29) is 6.42 Å². The van der Waals surface area contributed by atoms with Crippen LogP contribution >= 0.6 is 0 Å². The van der Waals surface area contributed by atoms with Crippen LogP contribution in [0.25, 0.3) is 0 Å². The second-order valence-electron chi connectivity index (χ2n) is 5.50. The molecule has 2 unspecified atom stereocenters. The number of carboxylic acid groups (broad SMARTS) is 1. The van der Waals surface area contributed by atoms with Gasteiger partial charge in [-0.2, -0.15) is 0 Å². The van der Waals surface area contributed by atoms with Crippen molar-refractivity contribution in [1.82, 2.24) is 5.32 Å². The molecule has 0 aromatic heterocycles. The van der Waals surface area contributed by atoms with Gasteiger partial charge in [0.2, 0.25) is 5.37 Å². The first-order chi connectivity index (χ1) is 8.99. The molecule has 1 aliphatic carbocycles. The zero-order valence-electron chi connectivity index (χ0n) is 11.7. The third-order valence-corrected chi connectivity index (χ3v) is 4.92. The van der Waals surface area contributed by atoms with Gasteiger partial charge in [-0.05, 0) is 27.2 Å². The van der Waals surface area contributed by atoms with E-state index in [0.29, 0.717) is 0 Å². The molecule has 1 rings (SSSR count). The van der Waals surface area contributed by atoms with E-state index in [1.54, 1.807) is 20.8 Å². The summed E-state index contributed by atoms with van der Waals surface area (Å²) in [5, 5.41) is 7.92. The first kappa shape index (κ1) is 16.7. The van der Waals surface area contributed by atoms with E-state index in [2.05, 4.69) is 0 Å². The summed E-state index contributed by atoms with van der Waals surface area (Å²) in [5.74, 6) is -1.65. The molecule has 1 fully saturated rings. The Bertz CT molecular complexity index is 493. The van der Waals surface area contributed by atoms with Crippen LogP contribution in [-0.2, 0) is 24.1 Å². The lowest BCUT2D eigenvalue weighted by Gasteiger charge is -2.22. The number of rotatable bonds is 5. The number of alkyl carbamates (subject to hydrolysis) is 1. The molecular weight excluding hydrogens is 290 g/mol. The molecular formula is C11H19NO7S. The Hall–Kier alpha value is -1.35. The smallest absolute Gasteiger partial charge is 0.409 e. The molecule has 0 saturated heterocycles. The maximum Gasteiger partial charge on any atom is 0.409 e. The summed E-state index contributed by atoms with van der Waals surface area (Å²) in [7, 11) is -2.73. The highest BCUT2D eigenvalue weighted by Crippen LogP contribution is 2.34. The zero-order valence-corrected chi connectivity index (χ0v) is 12.6. The van der Waals surface area contributed by atoms with Gasteiger partial charge in [-0.1, -0.05) is 0 Å². The molecule has 20 heavy (non-hydrogen) atoms. The molecule has 8 nitrogen and oxygen atoms in total. The third-order valence-electron chi connectivity index (χ3n) is 2.60. The summed E-state index contributed by atoms with van der Waals surface area (Å²) in [6.45, 7) is 4.75. The third kappa shape index (κ3) is 4.07. The number of methoxy groups -OCH3 is 1. The lowest BCUT2D eigenvalue weighted by Crippen LogP contribution is -2.49. The van der Waals surface area contributed by atoms with Crippen LogP contribution < -0.4 is 5.32 Å². The summed E-state index contributed by atoms with van der Waals surface area (Å²) >= 11 is 0. The maximum absolute atomic E-state index is 12.1. The molecule has 1 aliphatic rings. The number of hydrogen-bond acceptors (Lipinski definition) is 6. The van der Waals surface area contributed by atoms with Gasteiger partial charge < -0.3 is 14.6 Å². The van der Waals surface area contributed by atoms with E-state index < -0.39 is 44.2 Å². The number of nitrogens with one attached hydrogen (secondary N) is 1. The molecule has 3 atom stereocenters. The molecule has 0 radical (unpaired) electrons. The Morgan fingerprint density at radius 2 is 1.90 bits per heavy atom. The van der Waals surface area contributed by atoms with Gasteiger partial charge in [0.15, 0.2) is 9.84 Å². The Morgan fingerprint density at radius 3 is 2.25 bits per heavy atom. The molecule has 0 aromatic rings. The molecule has 1 amide bonds. The van der Waals surface area contributed by atoms with Gasteiger partial charge in [0, 0.05) is 7.11 Å². The van der Waals surface area contributed by atoms with E-state index in [4.69, 9.17) is 14.6 Å². The Labute approximate surface area is 117 Å². The molecule has 116 valence electrons. The average Bonchev–Trinajstić information content (AvgIpc) is 3.02. The van der Waals surface area contributed by atoms with Crippen molar-refractivity contribution < 1.29 is 32.6 Å². The highest BCUT2D eigenvalue weighted by Gasteiger charge is 2.53. The lowest BCUT2D eigenvalue weighted by atomic mass is 10.2. The summed E-state index contributed by atoms with van der Waals surface area (Å²) in [6, 6.07) is 0. The predicted molar refractivity (Wildman–Crippen MR) is 68.9 cm³/mol. The summed E-state index contributed by atoms with van der Waals surface area (Å²) < 4.78 is 33.9. The number of amides is 1. The second kappa shape index (κ2) is 5.57. The fourth-order valence-electron chi connectivity index (χ4n) is 1.62. The van der Waals surface area contributed by atoms with Crippen LogP contribution in [0.3, 0.4) is 0 Å². The quantitative estimate of drug-likeness (QED) is 0.740. The van der Waals surface area contributed by atoms with Gasteiger partial charge in [0.25, 0.3) is 0 Å². The van der Waals surface area contributed by atoms with Crippen LogP contribution in [0.4, 0.5) is 4.79 Å². The molecule has 0 heterocycles. The number of aliphatic carboxylic acids is 1. The van der Waals surface area contributed by atoms with Gasteiger partial charge in [-0.25, -0.2) is 18.0 Å². The monoisotopic (exact) mass is 309 g/mol. The van der Waals surface area contributed by atoms with Crippen molar-refractivity contribution >= 4 is 21.9 Å². The molecule has 9 heteroatoms. The molecule has 0 spiro atoms. The highest BCUT2D eigenvalue weighted by atomic mass is 32.2. The SMILES string of the molecule is COC1CC1S(=O)(=O)[C@H](NC(=O)OC(C)(C)C)C(=O)O. The van der Waals surface area contributed by atoms with E-state index in [1.165, 1.54) is 7.11 Å². The predicted octanol–water partition coefficient (Wildman–Crippen LogP) is 0.124. The van der Waals surface area contributed by atoms with Crippen molar-refractivity contribution in [3.8, 4) is 0 Å². The minimum absolute atomic E-state index is 0.221. The topological polar surface area (TPSA) is 119 Å². The van der Waals surface area contributed by atoms with Crippen molar-refractivity contribution in [1.29, 1.82) is 0 Å². The number of carbonyl (C=O) groups excluding carboxylic acids is 1. The van der Waals surface area contributed by atoms with Gasteiger partial charge in [0.05, 0.1) is 11.4 Å². The van der Waals surface area contributed by atoms with E-state index in [0.717, 1.165) is 0 Å². The number of carboxylic acids is 1. The van der Waals surface area contributed by atoms with Crippen LogP contribution in [0.5, 0.6) is 0 Å². The van der Waals surface area contributed by atoms with E-state index >= 15 is 0 Å². The van der Waals surface area contributed by atoms with Gasteiger partial charge in [-0.15, -0.1) is 0 Å². The molecule has 0 aromatic carbocycles. The Kier molecular flexibility index (Phi) is 4.65. The summed E-state index contributed by atoms with van der Waals surface area (Å²) in [5.41, 5.74) is -0.856. The normalized spacial score (nSPS) is 23.8. The van der Waals surface area contributed by atoms with Crippen molar-refractivity contribution in [3.05, 3.63) is 0 Å². The molecule has 0 bridgehead atoms. The van der Waals surface area contributed by atoms with Crippen LogP contribution in [-0.4, -0.2) is 55.0 Å². The van der Waals surface area contributed by atoms with Crippen molar-refractivity contribution in [2.24, 2.45) is 0 Å².